The normalized spacial score (nSPS) is 10.1. The standard InChI is InChI=1S/C13H10N2O6/c16-8-9-7-12(5-6-13(9)15(19)20)21-11-3-1-10(2-4-11)14(17)18/h1-7,16H,8H2. The Labute approximate surface area is 118 Å². The summed E-state index contributed by atoms with van der Waals surface area (Å²) in [4.78, 5) is 20.1. The fourth-order valence-electron chi connectivity index (χ4n) is 1.70. The molecule has 0 aliphatic heterocycles. The lowest BCUT2D eigenvalue weighted by atomic mass is 10.2. The van der Waals surface area contributed by atoms with Crippen LogP contribution >= 0.6 is 0 Å². The predicted octanol–water partition coefficient (Wildman–Crippen LogP) is 2.79. The van der Waals surface area contributed by atoms with Crippen LogP contribution in [0, 0.1) is 20.2 Å². The zero-order valence-corrected chi connectivity index (χ0v) is 10.6. The van der Waals surface area contributed by atoms with Gasteiger partial charge in [0, 0.05) is 18.2 Å². The first-order valence-electron chi connectivity index (χ1n) is 5.81. The lowest BCUT2D eigenvalue weighted by molar-refractivity contribution is -0.385. The summed E-state index contributed by atoms with van der Waals surface area (Å²) in [6.45, 7) is -0.492. The third-order valence-corrected chi connectivity index (χ3v) is 2.70. The number of benzene rings is 2. The lowest BCUT2D eigenvalue weighted by Crippen LogP contribution is -1.96. The molecule has 21 heavy (non-hydrogen) atoms. The summed E-state index contributed by atoms with van der Waals surface area (Å²) in [6, 6.07) is 9.36. The number of rotatable bonds is 5. The third-order valence-electron chi connectivity index (χ3n) is 2.70. The Morgan fingerprint density at radius 1 is 0.952 bits per heavy atom. The summed E-state index contributed by atoms with van der Waals surface area (Å²) in [5, 5.41) is 30.4. The van der Waals surface area contributed by atoms with Crippen molar-refractivity contribution in [1.82, 2.24) is 0 Å². The van der Waals surface area contributed by atoms with E-state index in [9.17, 15) is 20.2 Å². The van der Waals surface area contributed by atoms with E-state index in [1.807, 2.05) is 0 Å². The molecule has 0 aromatic heterocycles. The maximum Gasteiger partial charge on any atom is 0.275 e. The fraction of sp³-hybridized carbons (Fsp3) is 0.0769. The Hall–Kier alpha value is -3.00. The van der Waals surface area contributed by atoms with Crippen molar-refractivity contribution in [3.05, 3.63) is 68.3 Å². The molecule has 2 rings (SSSR count). The van der Waals surface area contributed by atoms with E-state index in [0.717, 1.165) is 0 Å². The van der Waals surface area contributed by atoms with Gasteiger partial charge in [-0.1, -0.05) is 0 Å². The minimum absolute atomic E-state index is 0.0675. The molecular formula is C13H10N2O6. The molecule has 0 bridgehead atoms. The molecule has 2 aromatic carbocycles. The number of aliphatic hydroxyl groups is 1. The molecule has 0 atom stereocenters. The van der Waals surface area contributed by atoms with Gasteiger partial charge in [-0.25, -0.2) is 0 Å². The summed E-state index contributed by atoms with van der Waals surface area (Å²) in [5.74, 6) is 0.636. The van der Waals surface area contributed by atoms with Crippen molar-refractivity contribution in [3.63, 3.8) is 0 Å². The average molecular weight is 290 g/mol. The highest BCUT2D eigenvalue weighted by Crippen LogP contribution is 2.28. The van der Waals surface area contributed by atoms with E-state index in [1.165, 1.54) is 42.5 Å². The quantitative estimate of drug-likeness (QED) is 0.668. The molecule has 0 saturated carbocycles. The van der Waals surface area contributed by atoms with Crippen LogP contribution in [0.3, 0.4) is 0 Å². The van der Waals surface area contributed by atoms with Gasteiger partial charge in [-0.3, -0.25) is 20.2 Å². The van der Waals surface area contributed by atoms with Crippen molar-refractivity contribution < 1.29 is 19.7 Å². The highest BCUT2D eigenvalue weighted by atomic mass is 16.6. The average Bonchev–Trinajstić information content (AvgIpc) is 2.47. The van der Waals surface area contributed by atoms with Gasteiger partial charge in [0.25, 0.3) is 11.4 Å². The van der Waals surface area contributed by atoms with Gasteiger partial charge < -0.3 is 9.84 Å². The van der Waals surface area contributed by atoms with Crippen LogP contribution in [0.15, 0.2) is 42.5 Å². The topological polar surface area (TPSA) is 116 Å². The Morgan fingerprint density at radius 2 is 1.57 bits per heavy atom. The molecule has 0 fully saturated rings. The monoisotopic (exact) mass is 290 g/mol. The number of aliphatic hydroxyl groups excluding tert-OH is 1. The van der Waals surface area contributed by atoms with Gasteiger partial charge in [0.05, 0.1) is 22.0 Å². The van der Waals surface area contributed by atoms with Gasteiger partial charge in [-0.05, 0) is 24.3 Å². The van der Waals surface area contributed by atoms with Crippen molar-refractivity contribution >= 4 is 11.4 Å². The van der Waals surface area contributed by atoms with E-state index in [4.69, 9.17) is 9.84 Å². The maximum atomic E-state index is 10.7. The van der Waals surface area contributed by atoms with Crippen LogP contribution < -0.4 is 4.74 Å². The minimum atomic E-state index is -0.596. The summed E-state index contributed by atoms with van der Waals surface area (Å²) >= 11 is 0. The van der Waals surface area contributed by atoms with Crippen LogP contribution in [-0.4, -0.2) is 15.0 Å². The largest absolute Gasteiger partial charge is 0.457 e. The van der Waals surface area contributed by atoms with Gasteiger partial charge in [-0.2, -0.15) is 0 Å². The van der Waals surface area contributed by atoms with Gasteiger partial charge in [0.15, 0.2) is 0 Å². The Kier molecular flexibility index (Phi) is 4.10. The number of nitro groups is 2. The number of non-ortho nitro benzene ring substituents is 1. The molecule has 1 N–H and O–H groups in total. The molecule has 8 nitrogen and oxygen atoms in total. The van der Waals surface area contributed by atoms with Crippen molar-refractivity contribution in [2.75, 3.05) is 0 Å². The Balaban J connectivity index is 2.23. The van der Waals surface area contributed by atoms with Crippen LogP contribution in [0.4, 0.5) is 11.4 Å². The number of hydrogen-bond acceptors (Lipinski definition) is 6. The lowest BCUT2D eigenvalue weighted by Gasteiger charge is -2.07. The first-order chi connectivity index (χ1) is 10.0. The van der Waals surface area contributed by atoms with E-state index in [2.05, 4.69) is 0 Å². The number of nitro benzene ring substituents is 2. The number of hydrogen-bond donors (Lipinski definition) is 1. The molecule has 0 saturated heterocycles. The molecule has 0 spiro atoms. The van der Waals surface area contributed by atoms with E-state index in [-0.39, 0.29) is 16.9 Å². The molecule has 0 amide bonds. The first-order valence-corrected chi connectivity index (χ1v) is 5.81. The van der Waals surface area contributed by atoms with Gasteiger partial charge in [0.2, 0.25) is 0 Å². The SMILES string of the molecule is O=[N+]([O-])c1ccc(Oc2ccc([N+](=O)[O-])c(CO)c2)cc1. The second-order valence-electron chi connectivity index (χ2n) is 4.06. The molecule has 108 valence electrons. The molecule has 0 radical (unpaired) electrons. The Morgan fingerprint density at radius 3 is 2.10 bits per heavy atom. The molecule has 8 heteroatoms. The summed E-state index contributed by atoms with van der Waals surface area (Å²) in [6.07, 6.45) is 0. The zero-order chi connectivity index (χ0) is 15.4. The number of nitrogens with zero attached hydrogens (tertiary/aromatic N) is 2. The minimum Gasteiger partial charge on any atom is -0.457 e. The highest BCUT2D eigenvalue weighted by molar-refractivity contribution is 5.46. The van der Waals surface area contributed by atoms with E-state index >= 15 is 0 Å². The van der Waals surface area contributed by atoms with Gasteiger partial charge >= 0.3 is 0 Å². The van der Waals surface area contributed by atoms with Crippen LogP contribution in [-0.2, 0) is 6.61 Å². The van der Waals surface area contributed by atoms with Crippen LogP contribution in [0.1, 0.15) is 5.56 Å². The van der Waals surface area contributed by atoms with E-state index in [0.29, 0.717) is 11.5 Å². The number of ether oxygens (including phenoxy) is 1. The third kappa shape index (κ3) is 3.31. The van der Waals surface area contributed by atoms with Crippen molar-refractivity contribution in [3.8, 4) is 11.5 Å². The fourth-order valence-corrected chi connectivity index (χ4v) is 1.70. The second kappa shape index (κ2) is 5.97. The summed E-state index contributed by atoms with van der Waals surface area (Å²) in [7, 11) is 0. The van der Waals surface area contributed by atoms with Crippen molar-refractivity contribution in [2.45, 2.75) is 6.61 Å². The summed E-state index contributed by atoms with van der Waals surface area (Å²) < 4.78 is 5.43. The van der Waals surface area contributed by atoms with E-state index < -0.39 is 16.5 Å². The molecule has 0 heterocycles. The first kappa shape index (κ1) is 14.4. The summed E-state index contributed by atoms with van der Waals surface area (Å²) in [5.41, 5.74) is -0.143. The predicted molar refractivity (Wildman–Crippen MR) is 72.2 cm³/mol. The smallest absolute Gasteiger partial charge is 0.275 e. The van der Waals surface area contributed by atoms with Crippen LogP contribution in [0.5, 0.6) is 11.5 Å². The molecule has 2 aromatic rings. The van der Waals surface area contributed by atoms with Crippen LogP contribution in [0.25, 0.3) is 0 Å². The Bertz CT molecular complexity index is 684. The molecular weight excluding hydrogens is 280 g/mol. The zero-order valence-electron chi connectivity index (χ0n) is 10.6. The van der Waals surface area contributed by atoms with Crippen molar-refractivity contribution in [1.29, 1.82) is 0 Å². The van der Waals surface area contributed by atoms with Gasteiger partial charge in [0.1, 0.15) is 11.5 Å². The molecule has 0 aliphatic carbocycles. The second-order valence-corrected chi connectivity index (χ2v) is 4.06. The maximum absolute atomic E-state index is 10.7. The van der Waals surface area contributed by atoms with Gasteiger partial charge in [-0.15, -0.1) is 0 Å². The highest BCUT2D eigenvalue weighted by Gasteiger charge is 2.14. The molecule has 0 unspecified atom stereocenters. The van der Waals surface area contributed by atoms with Crippen LogP contribution in [0.2, 0.25) is 0 Å². The van der Waals surface area contributed by atoms with E-state index in [1.54, 1.807) is 0 Å². The van der Waals surface area contributed by atoms with Crippen molar-refractivity contribution in [2.24, 2.45) is 0 Å². The molecule has 0 aliphatic rings.